The van der Waals surface area contributed by atoms with Crippen molar-refractivity contribution in [1.82, 2.24) is 9.97 Å². The zero-order valence-corrected chi connectivity index (χ0v) is 11.8. The van der Waals surface area contributed by atoms with E-state index < -0.39 is 5.97 Å². The summed E-state index contributed by atoms with van der Waals surface area (Å²) in [5, 5.41) is 12.1. The fourth-order valence-corrected chi connectivity index (χ4v) is 2.01. The molecule has 0 unspecified atom stereocenters. The van der Waals surface area contributed by atoms with Crippen LogP contribution < -0.4 is 5.32 Å². The third-order valence-corrected chi connectivity index (χ3v) is 2.91. The Labute approximate surface area is 118 Å². The molecule has 0 saturated carbocycles. The maximum atomic E-state index is 10.9. The van der Waals surface area contributed by atoms with Gasteiger partial charge in [-0.3, -0.25) is 9.97 Å². The third kappa shape index (κ3) is 3.75. The highest BCUT2D eigenvalue weighted by Crippen LogP contribution is 2.20. The standard InChI is InChI=1S/C13H12BrN3O2/c1-8-5-16-12(6-15-8)7-17-11-3-9(13(18)19)2-10(14)4-11/h2-6,17H,7H2,1H3,(H,18,19). The van der Waals surface area contributed by atoms with Gasteiger partial charge in [0.2, 0.25) is 0 Å². The first-order chi connectivity index (χ1) is 9.04. The van der Waals surface area contributed by atoms with E-state index in [1.807, 2.05) is 13.0 Å². The van der Waals surface area contributed by atoms with Crippen LogP contribution in [-0.4, -0.2) is 21.0 Å². The number of hydrogen-bond acceptors (Lipinski definition) is 4. The van der Waals surface area contributed by atoms with E-state index in [0.717, 1.165) is 11.4 Å². The highest BCUT2D eigenvalue weighted by atomic mass is 79.9. The van der Waals surface area contributed by atoms with E-state index in [1.165, 1.54) is 0 Å². The Morgan fingerprint density at radius 3 is 2.74 bits per heavy atom. The minimum absolute atomic E-state index is 0.229. The third-order valence-electron chi connectivity index (χ3n) is 2.45. The number of aromatic carboxylic acids is 1. The van der Waals surface area contributed by atoms with Crippen LogP contribution in [0.3, 0.4) is 0 Å². The van der Waals surface area contributed by atoms with Gasteiger partial charge in [0.05, 0.1) is 29.7 Å². The first-order valence-electron chi connectivity index (χ1n) is 5.60. The van der Waals surface area contributed by atoms with Crippen LogP contribution in [0.15, 0.2) is 35.1 Å². The number of carboxylic acids is 1. The number of rotatable bonds is 4. The van der Waals surface area contributed by atoms with Crippen molar-refractivity contribution in [1.29, 1.82) is 0 Å². The van der Waals surface area contributed by atoms with Crippen molar-refractivity contribution in [3.8, 4) is 0 Å². The number of halogens is 1. The zero-order valence-electron chi connectivity index (χ0n) is 10.2. The van der Waals surface area contributed by atoms with Gasteiger partial charge in [-0.25, -0.2) is 4.79 Å². The minimum Gasteiger partial charge on any atom is -0.478 e. The quantitative estimate of drug-likeness (QED) is 0.905. The summed E-state index contributed by atoms with van der Waals surface area (Å²) < 4.78 is 0.713. The maximum Gasteiger partial charge on any atom is 0.335 e. The lowest BCUT2D eigenvalue weighted by atomic mass is 10.2. The molecular weight excluding hydrogens is 310 g/mol. The van der Waals surface area contributed by atoms with E-state index in [2.05, 4.69) is 31.2 Å². The summed E-state index contributed by atoms with van der Waals surface area (Å²) in [5.74, 6) is -0.959. The average molecular weight is 322 g/mol. The van der Waals surface area contributed by atoms with Crippen molar-refractivity contribution < 1.29 is 9.90 Å². The molecule has 5 nitrogen and oxygen atoms in total. The second-order valence-electron chi connectivity index (χ2n) is 4.04. The van der Waals surface area contributed by atoms with Crippen LogP contribution in [0, 0.1) is 6.92 Å². The molecule has 0 radical (unpaired) electrons. The molecule has 0 spiro atoms. The molecule has 6 heteroatoms. The summed E-state index contributed by atoms with van der Waals surface area (Å²) >= 11 is 3.29. The molecule has 0 bridgehead atoms. The lowest BCUT2D eigenvalue weighted by molar-refractivity contribution is 0.0697. The zero-order chi connectivity index (χ0) is 13.8. The van der Waals surface area contributed by atoms with Crippen molar-refractivity contribution >= 4 is 27.6 Å². The van der Waals surface area contributed by atoms with Crippen LogP contribution in [0.1, 0.15) is 21.7 Å². The lowest BCUT2D eigenvalue weighted by Gasteiger charge is -2.07. The number of nitrogens with one attached hydrogen (secondary N) is 1. The van der Waals surface area contributed by atoms with E-state index in [4.69, 9.17) is 5.11 Å². The Kier molecular flexibility index (Phi) is 4.11. The van der Waals surface area contributed by atoms with E-state index in [9.17, 15) is 4.79 Å². The van der Waals surface area contributed by atoms with Crippen LogP contribution >= 0.6 is 15.9 Å². The van der Waals surface area contributed by atoms with Gasteiger partial charge in [0.1, 0.15) is 0 Å². The van der Waals surface area contributed by atoms with Gasteiger partial charge in [-0.1, -0.05) is 15.9 Å². The first kappa shape index (κ1) is 13.5. The fraction of sp³-hybridized carbons (Fsp3) is 0.154. The molecule has 0 aliphatic heterocycles. The molecular formula is C13H12BrN3O2. The number of aromatic nitrogens is 2. The molecule has 98 valence electrons. The second-order valence-corrected chi connectivity index (χ2v) is 4.95. The Balaban J connectivity index is 2.11. The fourth-order valence-electron chi connectivity index (χ4n) is 1.52. The molecule has 0 aliphatic rings. The van der Waals surface area contributed by atoms with Crippen LogP contribution in [-0.2, 0) is 6.54 Å². The van der Waals surface area contributed by atoms with Gasteiger partial charge in [0.25, 0.3) is 0 Å². The second kappa shape index (κ2) is 5.79. The largest absolute Gasteiger partial charge is 0.478 e. The summed E-state index contributed by atoms with van der Waals surface area (Å²) in [4.78, 5) is 19.3. The molecule has 2 rings (SSSR count). The summed E-state index contributed by atoms with van der Waals surface area (Å²) in [7, 11) is 0. The summed E-state index contributed by atoms with van der Waals surface area (Å²) in [6.45, 7) is 2.36. The van der Waals surface area contributed by atoms with Gasteiger partial charge in [-0.05, 0) is 25.1 Å². The molecule has 1 aromatic carbocycles. The number of hydrogen-bond donors (Lipinski definition) is 2. The van der Waals surface area contributed by atoms with Gasteiger partial charge in [-0.15, -0.1) is 0 Å². The molecule has 0 atom stereocenters. The molecule has 1 aromatic heterocycles. The Morgan fingerprint density at radius 1 is 1.32 bits per heavy atom. The summed E-state index contributed by atoms with van der Waals surface area (Å²) in [6.07, 6.45) is 3.39. The van der Waals surface area contributed by atoms with Gasteiger partial charge in [0, 0.05) is 16.4 Å². The van der Waals surface area contributed by atoms with Crippen LogP contribution in [0.5, 0.6) is 0 Å². The molecule has 0 saturated heterocycles. The Hall–Kier alpha value is -1.95. The van der Waals surface area contributed by atoms with Crippen molar-refractivity contribution in [2.75, 3.05) is 5.32 Å². The normalized spacial score (nSPS) is 10.2. The molecule has 0 aliphatic carbocycles. The SMILES string of the molecule is Cc1cnc(CNc2cc(Br)cc(C(=O)O)c2)cn1. The highest BCUT2D eigenvalue weighted by Gasteiger charge is 2.06. The smallest absolute Gasteiger partial charge is 0.335 e. The molecule has 2 aromatic rings. The Bertz CT molecular complexity index is 599. The summed E-state index contributed by atoms with van der Waals surface area (Å²) in [5.41, 5.74) is 2.60. The Morgan fingerprint density at radius 2 is 2.11 bits per heavy atom. The minimum atomic E-state index is -0.959. The van der Waals surface area contributed by atoms with Gasteiger partial charge < -0.3 is 10.4 Å². The molecule has 2 N–H and O–H groups in total. The number of nitrogens with zero attached hydrogens (tertiary/aromatic N) is 2. The van der Waals surface area contributed by atoms with Crippen LogP contribution in [0.4, 0.5) is 5.69 Å². The predicted octanol–water partition coefficient (Wildman–Crippen LogP) is 2.86. The number of aryl methyl sites for hydroxylation is 1. The van der Waals surface area contributed by atoms with Gasteiger partial charge in [-0.2, -0.15) is 0 Å². The van der Waals surface area contributed by atoms with Gasteiger partial charge in [0.15, 0.2) is 0 Å². The first-order valence-corrected chi connectivity index (χ1v) is 6.39. The van der Waals surface area contributed by atoms with Crippen molar-refractivity contribution in [3.05, 3.63) is 52.0 Å². The van der Waals surface area contributed by atoms with Crippen molar-refractivity contribution in [2.24, 2.45) is 0 Å². The topological polar surface area (TPSA) is 75.1 Å². The molecule has 0 fully saturated rings. The van der Waals surface area contributed by atoms with Crippen LogP contribution in [0.2, 0.25) is 0 Å². The van der Waals surface area contributed by atoms with E-state index in [1.54, 1.807) is 24.5 Å². The van der Waals surface area contributed by atoms with Crippen molar-refractivity contribution in [2.45, 2.75) is 13.5 Å². The lowest BCUT2D eigenvalue weighted by Crippen LogP contribution is -2.04. The van der Waals surface area contributed by atoms with E-state index >= 15 is 0 Å². The molecule has 1 heterocycles. The number of carbonyl (C=O) groups is 1. The van der Waals surface area contributed by atoms with Gasteiger partial charge >= 0.3 is 5.97 Å². The average Bonchev–Trinajstić information content (AvgIpc) is 2.37. The molecule has 19 heavy (non-hydrogen) atoms. The number of anilines is 1. The maximum absolute atomic E-state index is 10.9. The highest BCUT2D eigenvalue weighted by molar-refractivity contribution is 9.10. The molecule has 0 amide bonds. The van der Waals surface area contributed by atoms with Crippen LogP contribution in [0.25, 0.3) is 0 Å². The summed E-state index contributed by atoms with van der Waals surface area (Å²) in [6, 6.07) is 4.95. The predicted molar refractivity (Wildman–Crippen MR) is 75.2 cm³/mol. The van der Waals surface area contributed by atoms with E-state index in [0.29, 0.717) is 16.7 Å². The van der Waals surface area contributed by atoms with E-state index in [-0.39, 0.29) is 5.56 Å². The van der Waals surface area contributed by atoms with Crippen molar-refractivity contribution in [3.63, 3.8) is 0 Å². The monoisotopic (exact) mass is 321 g/mol. The number of benzene rings is 1. The number of carboxylic acid groups (broad SMARTS) is 1.